The fourth-order valence-electron chi connectivity index (χ4n) is 3.00. The molecule has 4 aromatic rings. The molecule has 6 nitrogen and oxygen atoms in total. The molecule has 31 heavy (non-hydrogen) atoms. The molecular formula is C22H20BrClN6S. The summed E-state index contributed by atoms with van der Waals surface area (Å²) in [6.45, 7) is 3.40. The van der Waals surface area contributed by atoms with E-state index in [0.717, 1.165) is 15.7 Å². The van der Waals surface area contributed by atoms with Crippen molar-refractivity contribution in [3.8, 4) is 0 Å². The van der Waals surface area contributed by atoms with Gasteiger partial charge in [-0.15, -0.1) is 0 Å². The lowest BCUT2D eigenvalue weighted by Gasteiger charge is -2.07. The number of hydrogen-bond donors (Lipinski definition) is 2. The summed E-state index contributed by atoms with van der Waals surface area (Å²) in [4.78, 5) is 0. The molecule has 0 aliphatic rings. The Labute approximate surface area is 199 Å². The number of aryl methyl sites for hydroxylation is 1. The van der Waals surface area contributed by atoms with Crippen molar-refractivity contribution in [3.05, 3.63) is 93.3 Å². The molecule has 0 spiro atoms. The molecule has 2 N–H and O–H groups in total. The zero-order chi connectivity index (χ0) is 21.8. The van der Waals surface area contributed by atoms with Gasteiger partial charge in [0.25, 0.3) is 0 Å². The number of nitrogens with zero attached hydrogens (tertiary/aromatic N) is 4. The van der Waals surface area contributed by atoms with Gasteiger partial charge in [0.05, 0.1) is 29.4 Å². The maximum absolute atomic E-state index is 5.95. The predicted octanol–water partition coefficient (Wildman–Crippen LogP) is 5.71. The van der Waals surface area contributed by atoms with E-state index in [1.165, 1.54) is 11.1 Å². The predicted molar refractivity (Wildman–Crippen MR) is 133 cm³/mol. The third-order valence-corrected chi connectivity index (χ3v) is 5.60. The summed E-state index contributed by atoms with van der Waals surface area (Å²) in [5.41, 5.74) is 4.34. The zero-order valence-electron chi connectivity index (χ0n) is 16.7. The first-order valence-electron chi connectivity index (χ1n) is 9.58. The van der Waals surface area contributed by atoms with Crippen molar-refractivity contribution in [2.45, 2.75) is 20.0 Å². The molecule has 0 amide bonds. The summed E-state index contributed by atoms with van der Waals surface area (Å²) in [5.74, 6) is 0.638. The molecule has 0 saturated carbocycles. The fraction of sp³-hybridized carbons (Fsp3) is 0.136. The Balaban J connectivity index is 1.34. The molecule has 0 unspecified atom stereocenters. The van der Waals surface area contributed by atoms with Gasteiger partial charge in [0.15, 0.2) is 10.9 Å². The Morgan fingerprint density at radius 1 is 0.968 bits per heavy atom. The summed E-state index contributed by atoms with van der Waals surface area (Å²) in [5, 5.41) is 16.4. The largest absolute Gasteiger partial charge is 0.330 e. The second-order valence-corrected chi connectivity index (χ2v) is 8.84. The minimum absolute atomic E-state index is 0.437. The minimum Gasteiger partial charge on any atom is -0.330 e. The van der Waals surface area contributed by atoms with E-state index in [2.05, 4.69) is 68.0 Å². The first-order chi connectivity index (χ1) is 14.9. The summed E-state index contributed by atoms with van der Waals surface area (Å²) in [7, 11) is 0. The third kappa shape index (κ3) is 5.94. The molecule has 2 heterocycles. The normalized spacial score (nSPS) is 10.8. The first-order valence-corrected chi connectivity index (χ1v) is 11.2. The molecule has 0 saturated heterocycles. The van der Waals surface area contributed by atoms with Gasteiger partial charge in [-0.25, -0.2) is 0 Å². The number of thiocarbonyl (C=S) groups is 1. The molecule has 0 bridgehead atoms. The highest BCUT2D eigenvalue weighted by Gasteiger charge is 2.10. The van der Waals surface area contributed by atoms with E-state index in [4.69, 9.17) is 23.8 Å². The van der Waals surface area contributed by atoms with Gasteiger partial charge >= 0.3 is 0 Å². The number of benzene rings is 2. The van der Waals surface area contributed by atoms with Gasteiger partial charge in [-0.2, -0.15) is 10.2 Å². The molecule has 158 valence electrons. The second-order valence-electron chi connectivity index (χ2n) is 7.14. The number of aromatic nitrogens is 4. The van der Waals surface area contributed by atoms with E-state index >= 15 is 0 Å². The molecule has 0 atom stereocenters. The smallest absolute Gasteiger partial charge is 0.176 e. The third-order valence-electron chi connectivity index (χ3n) is 4.56. The Kier molecular flexibility index (Phi) is 6.70. The van der Waals surface area contributed by atoms with E-state index < -0.39 is 0 Å². The molecule has 2 aromatic heterocycles. The van der Waals surface area contributed by atoms with E-state index in [0.29, 0.717) is 29.0 Å². The summed E-state index contributed by atoms with van der Waals surface area (Å²) in [6, 6.07) is 16.1. The topological polar surface area (TPSA) is 59.7 Å². The highest BCUT2D eigenvalue weighted by molar-refractivity contribution is 9.10. The van der Waals surface area contributed by atoms with Crippen molar-refractivity contribution in [2.24, 2.45) is 0 Å². The SMILES string of the molecule is Cc1ccc(Cn2cc(NC(=S)Nc3nn(Cc4ccc(Cl)cc4)cc3Br)cn2)cc1. The minimum atomic E-state index is 0.437. The van der Waals surface area contributed by atoms with Crippen LogP contribution in [0.15, 0.2) is 71.6 Å². The van der Waals surface area contributed by atoms with Crippen molar-refractivity contribution in [1.82, 2.24) is 19.6 Å². The number of hydrogen-bond acceptors (Lipinski definition) is 3. The van der Waals surface area contributed by atoms with Gasteiger partial charge in [0, 0.05) is 17.4 Å². The molecule has 0 aliphatic carbocycles. The average Bonchev–Trinajstić information content (AvgIpc) is 3.31. The summed E-state index contributed by atoms with van der Waals surface area (Å²) >= 11 is 14.9. The molecule has 0 radical (unpaired) electrons. The molecule has 2 aromatic carbocycles. The highest BCUT2D eigenvalue weighted by atomic mass is 79.9. The van der Waals surface area contributed by atoms with Gasteiger partial charge in [0.2, 0.25) is 0 Å². The number of nitrogens with one attached hydrogen (secondary N) is 2. The van der Waals surface area contributed by atoms with E-state index in [1.807, 2.05) is 46.0 Å². The van der Waals surface area contributed by atoms with Crippen molar-refractivity contribution in [1.29, 1.82) is 0 Å². The van der Waals surface area contributed by atoms with Crippen LogP contribution >= 0.6 is 39.7 Å². The van der Waals surface area contributed by atoms with Crippen LogP contribution in [0.4, 0.5) is 11.5 Å². The summed E-state index contributed by atoms with van der Waals surface area (Å²) in [6.07, 6.45) is 5.57. The average molecular weight is 516 g/mol. The van der Waals surface area contributed by atoms with E-state index in [1.54, 1.807) is 6.20 Å². The lowest BCUT2D eigenvalue weighted by molar-refractivity contribution is 0.687. The lowest BCUT2D eigenvalue weighted by atomic mass is 10.1. The standard InChI is InChI=1S/C22H20BrClN6S/c1-15-2-4-16(5-3-15)11-29-13-19(10-25-29)26-22(31)27-21-20(23)14-30(28-21)12-17-6-8-18(24)9-7-17/h2-10,13-14H,11-12H2,1H3,(H2,26,27,28,31). The van der Waals surface area contributed by atoms with Crippen molar-refractivity contribution < 1.29 is 0 Å². The number of anilines is 2. The van der Waals surface area contributed by atoms with Crippen molar-refractivity contribution >= 4 is 56.4 Å². The van der Waals surface area contributed by atoms with Crippen molar-refractivity contribution in [2.75, 3.05) is 10.6 Å². The van der Waals surface area contributed by atoms with Gasteiger partial charge < -0.3 is 10.6 Å². The summed E-state index contributed by atoms with van der Waals surface area (Å²) < 4.78 is 4.52. The zero-order valence-corrected chi connectivity index (χ0v) is 19.9. The number of halogens is 2. The van der Waals surface area contributed by atoms with Crippen LogP contribution in [0.3, 0.4) is 0 Å². The van der Waals surface area contributed by atoms with Crippen LogP contribution in [0.2, 0.25) is 5.02 Å². The maximum Gasteiger partial charge on any atom is 0.176 e. The molecule has 0 aliphatic heterocycles. The molecule has 0 fully saturated rings. The number of rotatable bonds is 6. The van der Waals surface area contributed by atoms with Crippen molar-refractivity contribution in [3.63, 3.8) is 0 Å². The Morgan fingerprint density at radius 2 is 1.61 bits per heavy atom. The Morgan fingerprint density at radius 3 is 2.32 bits per heavy atom. The Hall–Kier alpha value is -2.68. The van der Waals surface area contributed by atoms with E-state index in [9.17, 15) is 0 Å². The lowest BCUT2D eigenvalue weighted by Crippen LogP contribution is -2.19. The van der Waals surface area contributed by atoms with Gasteiger partial charge in [-0.05, 0) is 58.3 Å². The van der Waals surface area contributed by atoms with Gasteiger partial charge in [-0.1, -0.05) is 53.6 Å². The fourth-order valence-corrected chi connectivity index (χ4v) is 3.76. The monoisotopic (exact) mass is 514 g/mol. The first kappa shape index (κ1) is 21.5. The van der Waals surface area contributed by atoms with Crippen LogP contribution in [0.5, 0.6) is 0 Å². The van der Waals surface area contributed by atoms with Crippen LogP contribution in [0.1, 0.15) is 16.7 Å². The van der Waals surface area contributed by atoms with Crippen LogP contribution in [0, 0.1) is 6.92 Å². The Bertz CT molecular complexity index is 1180. The quantitative estimate of drug-likeness (QED) is 0.322. The van der Waals surface area contributed by atoms with Gasteiger partial charge in [-0.3, -0.25) is 9.36 Å². The molecular weight excluding hydrogens is 496 g/mol. The van der Waals surface area contributed by atoms with Gasteiger partial charge in [0.1, 0.15) is 0 Å². The second kappa shape index (κ2) is 9.64. The molecule has 4 rings (SSSR count). The van der Waals surface area contributed by atoms with Crippen LogP contribution in [-0.4, -0.2) is 24.7 Å². The highest BCUT2D eigenvalue weighted by Crippen LogP contribution is 2.21. The molecule has 9 heteroatoms. The van der Waals surface area contributed by atoms with E-state index in [-0.39, 0.29) is 0 Å². The van der Waals surface area contributed by atoms with Crippen LogP contribution < -0.4 is 10.6 Å². The maximum atomic E-state index is 5.95. The van der Waals surface area contributed by atoms with Crippen LogP contribution in [-0.2, 0) is 13.1 Å². The van der Waals surface area contributed by atoms with Crippen LogP contribution in [0.25, 0.3) is 0 Å².